The van der Waals surface area contributed by atoms with Gasteiger partial charge in [0.1, 0.15) is 17.4 Å². The molecule has 0 aromatic heterocycles. The van der Waals surface area contributed by atoms with E-state index in [4.69, 9.17) is 14.2 Å². The van der Waals surface area contributed by atoms with Gasteiger partial charge in [0.05, 0.1) is 26.4 Å². The van der Waals surface area contributed by atoms with Gasteiger partial charge in [0.2, 0.25) is 0 Å². The van der Waals surface area contributed by atoms with Gasteiger partial charge in [0, 0.05) is 13.2 Å². The smallest absolute Gasteiger partial charge is 0.258 e. The van der Waals surface area contributed by atoms with E-state index in [0.717, 1.165) is 12.6 Å². The van der Waals surface area contributed by atoms with Crippen LogP contribution in [0, 0.1) is 11.6 Å². The Balaban J connectivity index is 2.08. The molecule has 2 rings (SSSR count). The average molecular weight is 358 g/mol. The van der Waals surface area contributed by atoms with Crippen molar-refractivity contribution in [1.29, 1.82) is 0 Å². The zero-order valence-corrected chi connectivity index (χ0v) is 14.7. The van der Waals surface area contributed by atoms with Crippen molar-refractivity contribution in [1.82, 2.24) is 10.2 Å². The highest BCUT2D eigenvalue weighted by Gasteiger charge is 2.30. The van der Waals surface area contributed by atoms with Crippen molar-refractivity contribution in [2.75, 3.05) is 47.6 Å². The Morgan fingerprint density at radius 2 is 2.16 bits per heavy atom. The van der Waals surface area contributed by atoms with Gasteiger partial charge >= 0.3 is 0 Å². The Bertz CT molecular complexity index is 598. The zero-order valence-electron chi connectivity index (χ0n) is 14.7. The Labute approximate surface area is 146 Å². The van der Waals surface area contributed by atoms with E-state index < -0.39 is 23.1 Å². The Morgan fingerprint density at radius 1 is 1.40 bits per heavy atom. The first kappa shape index (κ1) is 19.6. The van der Waals surface area contributed by atoms with Gasteiger partial charge < -0.3 is 24.4 Å². The molecule has 25 heavy (non-hydrogen) atoms. The molecule has 1 heterocycles. The van der Waals surface area contributed by atoms with Crippen LogP contribution in [0.5, 0.6) is 5.75 Å². The van der Waals surface area contributed by atoms with Gasteiger partial charge in [-0.2, -0.15) is 0 Å². The molecule has 2 atom stereocenters. The van der Waals surface area contributed by atoms with Crippen LogP contribution in [0.15, 0.2) is 12.1 Å². The third kappa shape index (κ3) is 5.10. The standard InChI is InChI=1S/C17H24F2N2O4/c1-21(2)7-9-25-14-10-24-8-6-12(14)20-17(22)15-13(23-3)5-4-11(18)16(15)19/h4-5,12,14H,6-10H2,1-3H3,(H,20,22)/t12-,14-/m1/s1. The molecule has 1 fully saturated rings. The molecule has 0 spiro atoms. The van der Waals surface area contributed by atoms with E-state index >= 15 is 0 Å². The fourth-order valence-corrected chi connectivity index (χ4v) is 2.58. The van der Waals surface area contributed by atoms with E-state index in [0.29, 0.717) is 26.2 Å². The summed E-state index contributed by atoms with van der Waals surface area (Å²) in [5, 5.41) is 2.72. The molecule has 0 unspecified atom stereocenters. The quantitative estimate of drug-likeness (QED) is 0.799. The third-order valence-corrected chi connectivity index (χ3v) is 3.99. The van der Waals surface area contributed by atoms with E-state index in [-0.39, 0.29) is 17.9 Å². The maximum absolute atomic E-state index is 14.1. The minimum absolute atomic E-state index is 0.0199. The molecule has 0 radical (unpaired) electrons. The maximum atomic E-state index is 14.1. The van der Waals surface area contributed by atoms with Crippen LogP contribution in [0.3, 0.4) is 0 Å². The molecule has 1 aromatic carbocycles. The maximum Gasteiger partial charge on any atom is 0.258 e. The molecule has 1 aliphatic rings. The monoisotopic (exact) mass is 358 g/mol. The first-order chi connectivity index (χ1) is 11.9. The lowest BCUT2D eigenvalue weighted by atomic mass is 10.0. The van der Waals surface area contributed by atoms with Crippen LogP contribution in [0.4, 0.5) is 8.78 Å². The predicted octanol–water partition coefficient (Wildman–Crippen LogP) is 1.44. The minimum atomic E-state index is -1.23. The molecule has 8 heteroatoms. The minimum Gasteiger partial charge on any atom is -0.496 e. The van der Waals surface area contributed by atoms with Gasteiger partial charge in [0.15, 0.2) is 11.6 Å². The van der Waals surface area contributed by atoms with Crippen molar-refractivity contribution in [3.63, 3.8) is 0 Å². The van der Waals surface area contributed by atoms with Crippen LogP contribution in [-0.2, 0) is 9.47 Å². The van der Waals surface area contributed by atoms with Gasteiger partial charge in [-0.25, -0.2) is 8.78 Å². The van der Waals surface area contributed by atoms with Gasteiger partial charge in [-0.3, -0.25) is 4.79 Å². The number of carbonyl (C=O) groups is 1. The Kier molecular flexibility index (Phi) is 7.10. The van der Waals surface area contributed by atoms with Crippen molar-refractivity contribution in [2.45, 2.75) is 18.6 Å². The summed E-state index contributed by atoms with van der Waals surface area (Å²) in [6, 6.07) is 1.80. The molecule has 1 N–H and O–H groups in total. The second kappa shape index (κ2) is 9.07. The normalized spacial score (nSPS) is 20.6. The lowest BCUT2D eigenvalue weighted by Crippen LogP contribution is -2.50. The number of benzene rings is 1. The number of ether oxygens (including phenoxy) is 3. The molecular weight excluding hydrogens is 334 g/mol. The van der Waals surface area contributed by atoms with E-state index in [1.165, 1.54) is 13.2 Å². The molecule has 0 saturated carbocycles. The van der Waals surface area contributed by atoms with E-state index in [9.17, 15) is 13.6 Å². The molecule has 1 amide bonds. The van der Waals surface area contributed by atoms with Gasteiger partial charge in [0.25, 0.3) is 5.91 Å². The first-order valence-corrected chi connectivity index (χ1v) is 8.11. The van der Waals surface area contributed by atoms with E-state index in [1.807, 2.05) is 19.0 Å². The molecular formula is C17H24F2N2O4. The second-order valence-corrected chi connectivity index (χ2v) is 6.09. The van der Waals surface area contributed by atoms with Gasteiger partial charge in [-0.05, 0) is 32.6 Å². The molecule has 0 bridgehead atoms. The van der Waals surface area contributed by atoms with E-state index in [1.54, 1.807) is 0 Å². The van der Waals surface area contributed by atoms with E-state index in [2.05, 4.69) is 5.32 Å². The third-order valence-electron chi connectivity index (χ3n) is 3.99. The lowest BCUT2D eigenvalue weighted by Gasteiger charge is -2.32. The van der Waals surface area contributed by atoms with Crippen molar-refractivity contribution in [2.24, 2.45) is 0 Å². The number of methoxy groups -OCH3 is 1. The number of rotatable bonds is 7. The number of amides is 1. The fourth-order valence-electron chi connectivity index (χ4n) is 2.58. The van der Waals surface area contributed by atoms with Crippen molar-refractivity contribution < 1.29 is 27.8 Å². The summed E-state index contributed by atoms with van der Waals surface area (Å²) in [6.07, 6.45) is 0.178. The Morgan fingerprint density at radius 3 is 2.84 bits per heavy atom. The SMILES string of the molecule is COc1ccc(F)c(F)c1C(=O)N[C@@H]1CCOC[C@H]1OCCN(C)C. The summed E-state index contributed by atoms with van der Waals surface area (Å²) in [4.78, 5) is 14.5. The largest absolute Gasteiger partial charge is 0.496 e. The van der Waals surface area contributed by atoms with Crippen LogP contribution in [0.25, 0.3) is 0 Å². The summed E-state index contributed by atoms with van der Waals surface area (Å²) in [6.45, 7) is 2.00. The lowest BCUT2D eigenvalue weighted by molar-refractivity contribution is -0.0691. The van der Waals surface area contributed by atoms with Crippen LogP contribution < -0.4 is 10.1 Å². The highest BCUT2D eigenvalue weighted by molar-refractivity contribution is 5.97. The Hall–Kier alpha value is -1.77. The highest BCUT2D eigenvalue weighted by atomic mass is 19.2. The molecule has 140 valence electrons. The molecule has 0 aliphatic carbocycles. The van der Waals surface area contributed by atoms with Crippen molar-refractivity contribution in [3.8, 4) is 5.75 Å². The van der Waals surface area contributed by atoms with Crippen LogP contribution >= 0.6 is 0 Å². The second-order valence-electron chi connectivity index (χ2n) is 6.09. The number of carbonyl (C=O) groups excluding carboxylic acids is 1. The van der Waals surface area contributed by atoms with Crippen molar-refractivity contribution >= 4 is 5.91 Å². The summed E-state index contributed by atoms with van der Waals surface area (Å²) >= 11 is 0. The zero-order chi connectivity index (χ0) is 18.4. The number of hydrogen-bond donors (Lipinski definition) is 1. The van der Waals surface area contributed by atoms with Crippen LogP contribution in [0.2, 0.25) is 0 Å². The number of nitrogens with one attached hydrogen (secondary N) is 1. The molecule has 1 aromatic rings. The number of nitrogens with zero attached hydrogens (tertiary/aromatic N) is 1. The number of hydrogen-bond acceptors (Lipinski definition) is 5. The summed E-state index contributed by atoms with van der Waals surface area (Å²) in [7, 11) is 5.16. The molecule has 1 aliphatic heterocycles. The first-order valence-electron chi connectivity index (χ1n) is 8.11. The summed E-state index contributed by atoms with van der Waals surface area (Å²) in [5.41, 5.74) is -0.443. The fraction of sp³-hybridized carbons (Fsp3) is 0.588. The van der Waals surface area contributed by atoms with Gasteiger partial charge in [-0.15, -0.1) is 0 Å². The predicted molar refractivity (Wildman–Crippen MR) is 87.9 cm³/mol. The number of likely N-dealkylation sites (N-methyl/N-ethyl adjacent to an activating group) is 1. The summed E-state index contributed by atoms with van der Waals surface area (Å²) in [5.74, 6) is -3.08. The molecule has 6 nitrogen and oxygen atoms in total. The highest BCUT2D eigenvalue weighted by Crippen LogP contribution is 2.24. The number of halogens is 2. The molecule has 1 saturated heterocycles. The summed E-state index contributed by atoms with van der Waals surface area (Å²) < 4.78 is 43.7. The van der Waals surface area contributed by atoms with Crippen molar-refractivity contribution in [3.05, 3.63) is 29.3 Å². The van der Waals surface area contributed by atoms with Crippen LogP contribution in [0.1, 0.15) is 16.8 Å². The van der Waals surface area contributed by atoms with Gasteiger partial charge in [-0.1, -0.05) is 0 Å². The average Bonchev–Trinajstić information content (AvgIpc) is 2.58. The van der Waals surface area contributed by atoms with Crippen LogP contribution in [-0.4, -0.2) is 70.5 Å². The topological polar surface area (TPSA) is 60.0 Å².